The first-order valence-electron chi connectivity index (χ1n) is 19.5. The number of amides is 2. The maximum absolute atomic E-state index is 14.2. The molecule has 5 aliphatic rings. The summed E-state index contributed by atoms with van der Waals surface area (Å²) in [7, 11) is 7.30. The van der Waals surface area contributed by atoms with E-state index in [1.807, 2.05) is 40.1 Å². The normalized spacial score (nSPS) is 17.7. The zero-order chi connectivity index (χ0) is 44.0. The van der Waals surface area contributed by atoms with Crippen LogP contribution in [0.3, 0.4) is 0 Å². The molecular formula is C41H37As2N3O13S4. The second-order valence-corrected chi connectivity index (χ2v) is 37.7. The van der Waals surface area contributed by atoms with E-state index >= 15 is 0 Å². The van der Waals surface area contributed by atoms with E-state index in [1.165, 1.54) is 24.3 Å². The van der Waals surface area contributed by atoms with Gasteiger partial charge in [0.05, 0.1) is 18.9 Å². The number of anilines is 2. The van der Waals surface area contributed by atoms with E-state index in [0.717, 1.165) is 36.6 Å². The first kappa shape index (κ1) is 43.9. The van der Waals surface area contributed by atoms with Gasteiger partial charge in [0.2, 0.25) is 0 Å². The molecule has 63 heavy (non-hydrogen) atoms. The first-order valence-corrected chi connectivity index (χ1v) is 34.3. The molecule has 0 unspecified atom stereocenters. The standard InChI is InChI=1S/C41H37As2N3O13S4/c47-29-7-4-26-37(35(29)42-60-13-14-61-42)58-38-27(5-8-30(48)36(38)43-62-15-16-63-43)41(26)25-3-1-22(17-24(25)40(55)59-41)39(54)44-23-2-6-28(46(19-33(50)51)20-34(52)53)31(18-23)57-21-32(49)45-9-11-56-12-10-45/h1-8,17-18,47-48H,9-16,19-21H2,(H,44,54)(H,50,51)(H,52,53). The minimum Gasteiger partial charge on any atom is -0.482 e. The number of hydrogen-bond donors (Lipinski definition) is 5. The Labute approximate surface area is 382 Å². The molecule has 4 aromatic carbocycles. The summed E-state index contributed by atoms with van der Waals surface area (Å²) in [6.07, 6.45) is 0. The van der Waals surface area contributed by atoms with Crippen molar-refractivity contribution in [3.8, 4) is 28.7 Å². The summed E-state index contributed by atoms with van der Waals surface area (Å²) in [6, 6.07) is 15.6. The van der Waals surface area contributed by atoms with Crippen LogP contribution in [0.25, 0.3) is 0 Å². The predicted octanol–water partition coefficient (Wildman–Crippen LogP) is 3.48. The number of aliphatic carboxylic acids is 2. The summed E-state index contributed by atoms with van der Waals surface area (Å²) < 4.78 is 26.1. The summed E-state index contributed by atoms with van der Waals surface area (Å²) in [5.74, 6) is 0.517. The zero-order valence-electron chi connectivity index (χ0n) is 32.9. The van der Waals surface area contributed by atoms with Crippen LogP contribution in [0, 0.1) is 0 Å². The fraction of sp³-hybridized carbons (Fsp3) is 0.293. The van der Waals surface area contributed by atoms with Crippen molar-refractivity contribution in [2.45, 2.75) is 5.60 Å². The fourth-order valence-electron chi connectivity index (χ4n) is 7.87. The Morgan fingerprint density at radius 1 is 0.778 bits per heavy atom. The number of phenols is 2. The van der Waals surface area contributed by atoms with Gasteiger partial charge in [-0.3, -0.25) is 14.4 Å². The number of esters is 1. The molecule has 16 nitrogen and oxygen atoms in total. The average molecular weight is 1060 g/mol. The van der Waals surface area contributed by atoms with Crippen molar-refractivity contribution in [2.75, 3.05) is 79.2 Å². The number of benzene rings is 4. The van der Waals surface area contributed by atoms with Crippen molar-refractivity contribution >= 4 is 115 Å². The number of carbonyl (C=O) groups is 5. The number of nitrogens with one attached hydrogen (secondary N) is 1. The molecule has 0 aromatic heterocycles. The Morgan fingerprint density at radius 2 is 1.35 bits per heavy atom. The van der Waals surface area contributed by atoms with Gasteiger partial charge in [-0.05, 0) is 6.07 Å². The van der Waals surface area contributed by atoms with E-state index in [2.05, 4.69) is 5.32 Å². The Hall–Kier alpha value is -4.29. The van der Waals surface area contributed by atoms with Gasteiger partial charge in [0, 0.05) is 13.1 Å². The molecule has 0 bridgehead atoms. The Kier molecular flexibility index (Phi) is 12.8. The van der Waals surface area contributed by atoms with Crippen molar-refractivity contribution in [3.63, 3.8) is 0 Å². The van der Waals surface area contributed by atoms with Crippen molar-refractivity contribution in [3.05, 3.63) is 88.5 Å². The molecule has 4 aromatic rings. The molecule has 5 heterocycles. The van der Waals surface area contributed by atoms with Crippen LogP contribution >= 0.6 is 40.1 Å². The van der Waals surface area contributed by atoms with Crippen LogP contribution in [0.5, 0.6) is 28.7 Å². The number of hydrogen-bond acceptors (Lipinski definition) is 16. The van der Waals surface area contributed by atoms with Crippen LogP contribution in [0.4, 0.5) is 11.4 Å². The monoisotopic (exact) mass is 1060 g/mol. The topological polar surface area (TPSA) is 222 Å². The van der Waals surface area contributed by atoms with Crippen LogP contribution in [-0.2, 0) is 29.5 Å². The number of carboxylic acid groups (broad SMARTS) is 2. The van der Waals surface area contributed by atoms with Crippen molar-refractivity contribution < 1.29 is 63.3 Å². The van der Waals surface area contributed by atoms with Gasteiger partial charge in [0.15, 0.2) is 6.61 Å². The molecule has 0 saturated carbocycles. The third-order valence-corrected chi connectivity index (χ3v) is 37.8. The SMILES string of the molecule is O=C(O)CN(CC(=O)O)c1ccc(NC(=O)c2ccc3c(c2)C(=O)OC32c3ccc(O)c([As]4SCCS4)c3Oc3c2ccc(O)c3[As]2SCCS2)cc1OCC(=O)N1CCOCC1. The number of aromatic hydroxyl groups is 2. The molecule has 9 rings (SSSR count). The number of fused-ring (bicyclic) bond motifs is 6. The third kappa shape index (κ3) is 8.44. The van der Waals surface area contributed by atoms with Crippen LogP contribution in [0.15, 0.2) is 60.7 Å². The van der Waals surface area contributed by atoms with E-state index in [-0.39, 0.29) is 45.7 Å². The van der Waals surface area contributed by atoms with E-state index in [4.69, 9.17) is 18.9 Å². The van der Waals surface area contributed by atoms with Crippen molar-refractivity contribution in [1.29, 1.82) is 0 Å². The molecule has 5 N–H and O–H groups in total. The number of carbonyl (C=O) groups excluding carboxylic acids is 3. The number of ether oxygens (including phenoxy) is 4. The zero-order valence-corrected chi connectivity index (χ0v) is 40.0. The number of nitrogens with zero attached hydrogens (tertiary/aromatic N) is 2. The summed E-state index contributed by atoms with van der Waals surface area (Å²) in [5.41, 5.74) is 0.500. The smallest absolute Gasteiger partial charge is 0.482 e. The van der Waals surface area contributed by atoms with E-state index in [9.17, 15) is 44.4 Å². The molecule has 5 aliphatic heterocycles. The minimum atomic E-state index is -1.94. The van der Waals surface area contributed by atoms with Crippen molar-refractivity contribution in [2.24, 2.45) is 0 Å². The number of carboxylic acids is 2. The molecule has 1 spiro atoms. The minimum absolute atomic E-state index is 0.0423. The summed E-state index contributed by atoms with van der Waals surface area (Å²) in [4.78, 5) is 67.4. The van der Waals surface area contributed by atoms with Crippen LogP contribution in [0.1, 0.15) is 37.4 Å². The van der Waals surface area contributed by atoms with Crippen LogP contribution in [0.2, 0.25) is 0 Å². The van der Waals surface area contributed by atoms with Gasteiger partial charge in [0.1, 0.15) is 18.8 Å². The molecular weight excluding hydrogens is 1020 g/mol. The molecule has 3 saturated heterocycles. The number of phenolic OH excluding ortho intramolecular Hbond substituents is 2. The van der Waals surface area contributed by atoms with Gasteiger partial charge in [-0.2, -0.15) is 0 Å². The van der Waals surface area contributed by atoms with E-state index < -0.39 is 73.8 Å². The molecule has 0 atom stereocenters. The second kappa shape index (κ2) is 18.3. The van der Waals surface area contributed by atoms with Gasteiger partial charge in [-0.25, -0.2) is 0 Å². The van der Waals surface area contributed by atoms with E-state index in [1.54, 1.807) is 41.3 Å². The van der Waals surface area contributed by atoms with E-state index in [0.29, 0.717) is 54.5 Å². The van der Waals surface area contributed by atoms with Crippen LogP contribution < -0.4 is 28.4 Å². The third-order valence-electron chi connectivity index (χ3n) is 10.6. The van der Waals surface area contributed by atoms with Gasteiger partial charge >= 0.3 is 272 Å². The summed E-state index contributed by atoms with van der Waals surface area (Å²) >= 11 is -3.88. The maximum atomic E-state index is 14.2. The molecule has 0 aliphatic carbocycles. The molecule has 2 amide bonds. The van der Waals surface area contributed by atoms with Gasteiger partial charge in [0.25, 0.3) is 5.91 Å². The van der Waals surface area contributed by atoms with Crippen molar-refractivity contribution in [1.82, 2.24) is 4.90 Å². The fourth-order valence-corrected chi connectivity index (χ4v) is 37.5. The summed E-state index contributed by atoms with van der Waals surface area (Å²) in [6.45, 7) is -0.401. The van der Waals surface area contributed by atoms with Gasteiger partial charge < -0.3 is 29.5 Å². The first-order chi connectivity index (χ1) is 30.4. The molecule has 328 valence electrons. The Balaban J connectivity index is 1.08. The summed E-state index contributed by atoms with van der Waals surface area (Å²) in [5, 5.41) is 44.7. The van der Waals surface area contributed by atoms with Gasteiger partial charge in [-0.1, -0.05) is 0 Å². The average Bonchev–Trinajstić information content (AvgIpc) is 4.05. The Bertz CT molecular complexity index is 2460. The Morgan fingerprint density at radius 3 is 1.92 bits per heavy atom. The number of morpholine rings is 1. The molecule has 3 fully saturated rings. The second-order valence-electron chi connectivity index (χ2n) is 14.5. The number of rotatable bonds is 12. The van der Waals surface area contributed by atoms with Crippen LogP contribution in [-0.4, -0.2) is 149 Å². The predicted molar refractivity (Wildman–Crippen MR) is 243 cm³/mol. The molecule has 0 radical (unpaired) electrons. The van der Waals surface area contributed by atoms with Gasteiger partial charge in [-0.15, -0.1) is 0 Å². The quantitative estimate of drug-likeness (QED) is 0.101. The molecule has 22 heteroatoms.